The van der Waals surface area contributed by atoms with E-state index >= 15 is 0 Å². The lowest BCUT2D eigenvalue weighted by Crippen LogP contribution is -2.48. The van der Waals surface area contributed by atoms with Gasteiger partial charge in [-0.2, -0.15) is 0 Å². The molecule has 1 fully saturated rings. The molecule has 15 heavy (non-hydrogen) atoms. The lowest BCUT2D eigenvalue weighted by Gasteiger charge is -2.23. The quantitative estimate of drug-likeness (QED) is 0.737. The van der Waals surface area contributed by atoms with Gasteiger partial charge >= 0.3 is 12.0 Å². The summed E-state index contributed by atoms with van der Waals surface area (Å²) >= 11 is 0. The molecule has 0 bridgehead atoms. The van der Waals surface area contributed by atoms with Crippen LogP contribution in [0.25, 0.3) is 0 Å². The number of nitrogens with zero attached hydrogens (tertiary/aromatic N) is 1. The lowest BCUT2D eigenvalue weighted by atomic mass is 10.2. The van der Waals surface area contributed by atoms with E-state index in [-0.39, 0.29) is 12.1 Å². The van der Waals surface area contributed by atoms with E-state index < -0.39 is 12.0 Å². The van der Waals surface area contributed by atoms with E-state index in [0.717, 1.165) is 19.4 Å². The van der Waals surface area contributed by atoms with Gasteiger partial charge in [0.15, 0.2) is 0 Å². The van der Waals surface area contributed by atoms with Crippen molar-refractivity contribution in [2.75, 3.05) is 6.54 Å². The van der Waals surface area contributed by atoms with Crippen LogP contribution in [-0.4, -0.2) is 40.6 Å². The van der Waals surface area contributed by atoms with Crippen LogP contribution in [-0.2, 0) is 4.79 Å². The summed E-state index contributed by atoms with van der Waals surface area (Å²) in [5.41, 5.74) is 0. The largest absolute Gasteiger partial charge is 0.480 e. The van der Waals surface area contributed by atoms with Gasteiger partial charge in [0.05, 0.1) is 0 Å². The maximum atomic E-state index is 11.7. The molecule has 5 heteroatoms. The zero-order valence-electron chi connectivity index (χ0n) is 9.19. The van der Waals surface area contributed by atoms with Crippen molar-refractivity contribution in [2.24, 2.45) is 0 Å². The number of likely N-dealkylation sites (tertiary alicyclic amines) is 1. The molecule has 1 rings (SSSR count). The molecule has 2 N–H and O–H groups in total. The van der Waals surface area contributed by atoms with Gasteiger partial charge in [0.2, 0.25) is 0 Å². The van der Waals surface area contributed by atoms with Gasteiger partial charge in [-0.15, -0.1) is 0 Å². The number of urea groups is 1. The molecule has 86 valence electrons. The van der Waals surface area contributed by atoms with Gasteiger partial charge in [-0.25, -0.2) is 9.59 Å². The van der Waals surface area contributed by atoms with Gasteiger partial charge in [-0.05, 0) is 26.2 Å². The molecule has 0 unspecified atom stereocenters. The van der Waals surface area contributed by atoms with E-state index in [1.54, 1.807) is 11.8 Å². The molecular formula is C10H18N2O3. The fourth-order valence-electron chi connectivity index (χ4n) is 1.81. The lowest BCUT2D eigenvalue weighted by molar-refractivity contribution is -0.139. The molecule has 1 heterocycles. The Bertz CT molecular complexity index is 255. The number of nitrogens with one attached hydrogen (secondary N) is 1. The van der Waals surface area contributed by atoms with Crippen molar-refractivity contribution >= 4 is 12.0 Å². The third kappa shape index (κ3) is 2.84. The Morgan fingerprint density at radius 3 is 2.67 bits per heavy atom. The van der Waals surface area contributed by atoms with Crippen LogP contribution >= 0.6 is 0 Å². The molecule has 0 aromatic heterocycles. The number of rotatable bonds is 3. The average Bonchev–Trinajstić information content (AvgIpc) is 2.60. The Hall–Kier alpha value is -1.26. The molecule has 0 spiro atoms. The minimum Gasteiger partial charge on any atom is -0.480 e. The molecule has 1 aliphatic heterocycles. The molecule has 5 nitrogen and oxygen atoms in total. The highest BCUT2D eigenvalue weighted by Gasteiger charge is 2.27. The minimum atomic E-state index is -0.974. The van der Waals surface area contributed by atoms with Gasteiger partial charge in [0, 0.05) is 12.6 Å². The summed E-state index contributed by atoms with van der Waals surface area (Å²) in [4.78, 5) is 24.1. The van der Waals surface area contributed by atoms with Crippen LogP contribution in [0.3, 0.4) is 0 Å². The van der Waals surface area contributed by atoms with Gasteiger partial charge < -0.3 is 15.3 Å². The van der Waals surface area contributed by atoms with E-state index in [0.29, 0.717) is 6.42 Å². The van der Waals surface area contributed by atoms with Crippen LogP contribution in [0.15, 0.2) is 0 Å². The molecule has 0 radical (unpaired) electrons. The summed E-state index contributed by atoms with van der Waals surface area (Å²) in [6.07, 6.45) is 2.40. The number of aliphatic carboxylic acids is 1. The summed E-state index contributed by atoms with van der Waals surface area (Å²) in [5.74, 6) is -0.974. The second kappa shape index (κ2) is 5.00. The first-order valence-corrected chi connectivity index (χ1v) is 5.36. The van der Waals surface area contributed by atoms with E-state index in [1.807, 2.05) is 6.92 Å². The Balaban J connectivity index is 2.50. The first kappa shape index (κ1) is 11.8. The van der Waals surface area contributed by atoms with Crippen LogP contribution in [0.1, 0.15) is 33.1 Å². The fraction of sp³-hybridized carbons (Fsp3) is 0.800. The summed E-state index contributed by atoms with van der Waals surface area (Å²) in [6.45, 7) is 4.45. The molecule has 0 aliphatic carbocycles. The maximum Gasteiger partial charge on any atom is 0.326 e. The zero-order valence-corrected chi connectivity index (χ0v) is 9.19. The van der Waals surface area contributed by atoms with Crippen LogP contribution < -0.4 is 5.32 Å². The molecule has 1 aliphatic rings. The summed E-state index contributed by atoms with van der Waals surface area (Å²) in [7, 11) is 0. The van der Waals surface area contributed by atoms with Gasteiger partial charge in [-0.3, -0.25) is 0 Å². The van der Waals surface area contributed by atoms with E-state index in [4.69, 9.17) is 5.11 Å². The van der Waals surface area contributed by atoms with Crippen molar-refractivity contribution < 1.29 is 14.7 Å². The van der Waals surface area contributed by atoms with Crippen LogP contribution in [0, 0.1) is 0 Å². The highest BCUT2D eigenvalue weighted by atomic mass is 16.4. The van der Waals surface area contributed by atoms with Crippen LogP contribution in [0.4, 0.5) is 4.79 Å². The number of carbonyl (C=O) groups is 2. The van der Waals surface area contributed by atoms with Gasteiger partial charge in [0.25, 0.3) is 0 Å². The van der Waals surface area contributed by atoms with E-state index in [2.05, 4.69) is 5.32 Å². The number of carboxylic acid groups (broad SMARTS) is 1. The topological polar surface area (TPSA) is 69.6 Å². The molecule has 0 saturated carbocycles. The first-order valence-electron chi connectivity index (χ1n) is 5.36. The number of hydrogen-bond donors (Lipinski definition) is 2. The zero-order chi connectivity index (χ0) is 11.4. The van der Waals surface area contributed by atoms with E-state index in [1.165, 1.54) is 0 Å². The Morgan fingerprint density at radius 1 is 1.60 bits per heavy atom. The van der Waals surface area contributed by atoms with Crippen LogP contribution in [0.5, 0.6) is 0 Å². The number of hydrogen-bond acceptors (Lipinski definition) is 2. The summed E-state index contributed by atoms with van der Waals surface area (Å²) in [5, 5.41) is 11.3. The van der Waals surface area contributed by atoms with Gasteiger partial charge in [-0.1, -0.05) is 6.92 Å². The molecule has 2 atom stereocenters. The molecule has 0 aromatic rings. The van der Waals surface area contributed by atoms with Crippen molar-refractivity contribution in [3.8, 4) is 0 Å². The van der Waals surface area contributed by atoms with Crippen molar-refractivity contribution in [1.29, 1.82) is 0 Å². The van der Waals surface area contributed by atoms with Crippen molar-refractivity contribution in [1.82, 2.24) is 10.2 Å². The van der Waals surface area contributed by atoms with Crippen molar-refractivity contribution in [3.63, 3.8) is 0 Å². The summed E-state index contributed by atoms with van der Waals surface area (Å²) in [6, 6.07) is -0.809. The molecule has 1 saturated heterocycles. The normalized spacial score (nSPS) is 22.5. The molecule has 2 amide bonds. The smallest absolute Gasteiger partial charge is 0.326 e. The molecular weight excluding hydrogens is 196 g/mol. The van der Waals surface area contributed by atoms with Gasteiger partial charge in [0.1, 0.15) is 6.04 Å². The SMILES string of the molecule is CC[C@H](NC(=O)N1CCC[C@@H]1C)C(=O)O. The van der Waals surface area contributed by atoms with Crippen molar-refractivity contribution in [2.45, 2.75) is 45.2 Å². The Morgan fingerprint density at radius 2 is 2.27 bits per heavy atom. The number of carbonyl (C=O) groups excluding carboxylic acids is 1. The monoisotopic (exact) mass is 214 g/mol. The van der Waals surface area contributed by atoms with Crippen molar-refractivity contribution in [3.05, 3.63) is 0 Å². The standard InChI is InChI=1S/C10H18N2O3/c1-3-8(9(13)14)11-10(15)12-6-4-5-7(12)2/h7-8H,3-6H2,1-2H3,(H,11,15)(H,13,14)/t7-,8-/m0/s1. The second-order valence-electron chi connectivity index (χ2n) is 3.93. The Labute approximate surface area is 89.4 Å². The maximum absolute atomic E-state index is 11.7. The fourth-order valence-corrected chi connectivity index (χ4v) is 1.81. The second-order valence-corrected chi connectivity index (χ2v) is 3.93. The van der Waals surface area contributed by atoms with Crippen LogP contribution in [0.2, 0.25) is 0 Å². The number of amides is 2. The molecule has 0 aromatic carbocycles. The first-order chi connectivity index (χ1) is 7.06. The predicted octanol–water partition coefficient (Wildman–Crippen LogP) is 1.04. The summed E-state index contributed by atoms with van der Waals surface area (Å²) < 4.78 is 0. The number of carboxylic acids is 1. The third-order valence-corrected chi connectivity index (χ3v) is 2.82. The Kier molecular flexibility index (Phi) is 3.94. The minimum absolute atomic E-state index is 0.219. The highest BCUT2D eigenvalue weighted by molar-refractivity contribution is 5.82. The average molecular weight is 214 g/mol. The van der Waals surface area contributed by atoms with E-state index in [9.17, 15) is 9.59 Å². The predicted molar refractivity (Wildman–Crippen MR) is 55.6 cm³/mol. The third-order valence-electron chi connectivity index (χ3n) is 2.82. The highest BCUT2D eigenvalue weighted by Crippen LogP contribution is 2.16.